The summed E-state index contributed by atoms with van der Waals surface area (Å²) in [6.45, 7) is 0.884. The van der Waals surface area contributed by atoms with Gasteiger partial charge >= 0.3 is 5.97 Å². The molecule has 1 aliphatic heterocycles. The molecule has 0 saturated carbocycles. The molecule has 5 nitrogen and oxygen atoms in total. The summed E-state index contributed by atoms with van der Waals surface area (Å²) in [5, 5.41) is 10.1. The summed E-state index contributed by atoms with van der Waals surface area (Å²) in [4.78, 5) is 17.8. The van der Waals surface area contributed by atoms with Gasteiger partial charge in [-0.2, -0.15) is 0 Å². The van der Waals surface area contributed by atoms with Crippen molar-refractivity contribution in [1.29, 1.82) is 0 Å². The molecule has 0 amide bonds. The largest absolute Gasteiger partial charge is 0.481 e. The summed E-state index contributed by atoms with van der Waals surface area (Å²) in [6, 6.07) is 4.34. The van der Waals surface area contributed by atoms with E-state index in [1.165, 1.54) is 0 Å². The van der Waals surface area contributed by atoms with Gasteiger partial charge in [0.2, 0.25) is 0 Å². The van der Waals surface area contributed by atoms with Crippen molar-refractivity contribution in [1.82, 2.24) is 14.5 Å². The minimum atomic E-state index is -0.779. The molecule has 1 aliphatic rings. The fourth-order valence-corrected chi connectivity index (χ4v) is 3.15. The van der Waals surface area contributed by atoms with Gasteiger partial charge in [0.25, 0.3) is 0 Å². The van der Waals surface area contributed by atoms with Crippen LogP contribution in [0.4, 0.5) is 0 Å². The van der Waals surface area contributed by atoms with Gasteiger partial charge in [0.15, 0.2) is 0 Å². The van der Waals surface area contributed by atoms with Crippen LogP contribution in [0.5, 0.6) is 0 Å². The first-order chi connectivity index (χ1) is 9.58. The minimum absolute atomic E-state index is 0.0805. The number of aromatic nitrogens is 2. The molecule has 5 heteroatoms. The highest BCUT2D eigenvalue weighted by atomic mass is 16.4. The predicted molar refractivity (Wildman–Crippen MR) is 76.9 cm³/mol. The van der Waals surface area contributed by atoms with Crippen molar-refractivity contribution in [2.75, 3.05) is 14.1 Å². The summed E-state index contributed by atoms with van der Waals surface area (Å²) < 4.78 is 2.21. The summed E-state index contributed by atoms with van der Waals surface area (Å²) in [5.41, 5.74) is 3.02. The number of nitrogens with zero attached hydrogens (tertiary/aromatic N) is 3. The molecule has 1 atom stereocenters. The molecule has 2 aromatic rings. The highest BCUT2D eigenvalue weighted by Gasteiger charge is 2.26. The molecule has 0 radical (unpaired) electrons. The number of carboxylic acid groups (broad SMARTS) is 1. The Bertz CT molecular complexity index is 660. The van der Waals surface area contributed by atoms with Gasteiger partial charge in [-0.1, -0.05) is 0 Å². The monoisotopic (exact) mass is 273 g/mol. The van der Waals surface area contributed by atoms with E-state index in [4.69, 9.17) is 5.11 Å². The number of fused-ring (bicyclic) bond motifs is 3. The topological polar surface area (TPSA) is 58.4 Å². The molecule has 2 aromatic heterocycles. The lowest BCUT2D eigenvalue weighted by Crippen LogP contribution is -2.36. The molecule has 3 heterocycles. The second-order valence-electron chi connectivity index (χ2n) is 5.64. The molecule has 20 heavy (non-hydrogen) atoms. The number of pyridine rings is 1. The van der Waals surface area contributed by atoms with E-state index in [0.717, 1.165) is 41.7 Å². The normalized spacial score (nSPS) is 18.4. The minimum Gasteiger partial charge on any atom is -0.481 e. The predicted octanol–water partition coefficient (Wildman–Crippen LogP) is 1.54. The van der Waals surface area contributed by atoms with E-state index in [-0.39, 0.29) is 6.42 Å². The third-order valence-electron chi connectivity index (χ3n) is 4.21. The standard InChI is InChI=1S/C15H19N3O2/c1-17(2)10-5-6-13-12(8-14(19)20)11-4-3-7-16-15(11)18(13)9-10/h3-4,7,10H,5-6,8-9H2,1-2H3,(H,19,20). The van der Waals surface area contributed by atoms with E-state index in [1.54, 1.807) is 6.20 Å². The maximum atomic E-state index is 11.1. The molecule has 0 aliphatic carbocycles. The SMILES string of the molecule is CN(C)C1CCc2c(CC(=O)O)c3cccnc3n2C1. The van der Waals surface area contributed by atoms with Crippen LogP contribution in [0, 0.1) is 0 Å². The number of likely N-dealkylation sites (N-methyl/N-ethyl adjacent to an activating group) is 1. The van der Waals surface area contributed by atoms with Crippen molar-refractivity contribution >= 4 is 17.0 Å². The second-order valence-corrected chi connectivity index (χ2v) is 5.64. The Morgan fingerprint density at radius 1 is 1.55 bits per heavy atom. The Balaban J connectivity index is 2.14. The highest BCUT2D eigenvalue weighted by Crippen LogP contribution is 2.30. The Kier molecular flexibility index (Phi) is 3.22. The van der Waals surface area contributed by atoms with Crippen molar-refractivity contribution in [2.24, 2.45) is 0 Å². The second kappa shape index (κ2) is 4.90. The molecule has 0 fully saturated rings. The molecule has 0 bridgehead atoms. The third-order valence-corrected chi connectivity index (χ3v) is 4.21. The lowest BCUT2D eigenvalue weighted by molar-refractivity contribution is -0.136. The van der Waals surface area contributed by atoms with Crippen molar-refractivity contribution in [3.63, 3.8) is 0 Å². The maximum absolute atomic E-state index is 11.1. The van der Waals surface area contributed by atoms with Crippen LogP contribution in [-0.2, 0) is 24.2 Å². The van der Waals surface area contributed by atoms with Gasteiger partial charge in [0.05, 0.1) is 6.42 Å². The fourth-order valence-electron chi connectivity index (χ4n) is 3.15. The van der Waals surface area contributed by atoms with Gasteiger partial charge in [-0.05, 0) is 44.6 Å². The van der Waals surface area contributed by atoms with Crippen molar-refractivity contribution in [3.8, 4) is 0 Å². The Morgan fingerprint density at radius 2 is 2.35 bits per heavy atom. The van der Waals surface area contributed by atoms with E-state index in [2.05, 4.69) is 28.5 Å². The van der Waals surface area contributed by atoms with Crippen LogP contribution < -0.4 is 0 Å². The average Bonchev–Trinajstić information content (AvgIpc) is 2.73. The quantitative estimate of drug-likeness (QED) is 0.921. The van der Waals surface area contributed by atoms with Crippen LogP contribution in [0.25, 0.3) is 11.0 Å². The zero-order valence-corrected chi connectivity index (χ0v) is 11.8. The van der Waals surface area contributed by atoms with Gasteiger partial charge in [-0.25, -0.2) is 4.98 Å². The molecular weight excluding hydrogens is 254 g/mol. The van der Waals surface area contributed by atoms with Crippen LogP contribution in [-0.4, -0.2) is 45.7 Å². The Hall–Kier alpha value is -1.88. The molecule has 3 rings (SSSR count). The van der Waals surface area contributed by atoms with Crippen LogP contribution in [0.15, 0.2) is 18.3 Å². The van der Waals surface area contributed by atoms with Gasteiger partial charge in [0.1, 0.15) is 5.65 Å². The molecule has 0 saturated heterocycles. The molecule has 1 N–H and O–H groups in total. The first-order valence-corrected chi connectivity index (χ1v) is 6.91. The molecular formula is C15H19N3O2. The van der Waals surface area contributed by atoms with Gasteiger partial charge < -0.3 is 14.6 Å². The number of carboxylic acids is 1. The Morgan fingerprint density at radius 3 is 3.05 bits per heavy atom. The van der Waals surface area contributed by atoms with Gasteiger partial charge in [0, 0.05) is 29.9 Å². The lowest BCUT2D eigenvalue weighted by Gasteiger charge is -2.30. The highest BCUT2D eigenvalue weighted by molar-refractivity contribution is 5.86. The number of hydrogen-bond acceptors (Lipinski definition) is 3. The zero-order valence-electron chi connectivity index (χ0n) is 11.8. The van der Waals surface area contributed by atoms with Crippen molar-refractivity contribution < 1.29 is 9.90 Å². The van der Waals surface area contributed by atoms with Crippen LogP contribution >= 0.6 is 0 Å². The molecule has 0 spiro atoms. The average molecular weight is 273 g/mol. The van der Waals surface area contributed by atoms with E-state index in [9.17, 15) is 4.79 Å². The lowest BCUT2D eigenvalue weighted by atomic mass is 10.00. The summed E-state index contributed by atoms with van der Waals surface area (Å²) >= 11 is 0. The van der Waals surface area contributed by atoms with Crippen LogP contribution in [0.2, 0.25) is 0 Å². The first kappa shape index (κ1) is 13.1. The van der Waals surface area contributed by atoms with Gasteiger partial charge in [-0.3, -0.25) is 4.79 Å². The fraction of sp³-hybridized carbons (Fsp3) is 0.467. The van der Waals surface area contributed by atoms with E-state index in [0.29, 0.717) is 6.04 Å². The summed E-state index contributed by atoms with van der Waals surface area (Å²) in [6.07, 6.45) is 3.84. The van der Waals surface area contributed by atoms with Crippen LogP contribution in [0.1, 0.15) is 17.7 Å². The van der Waals surface area contributed by atoms with E-state index >= 15 is 0 Å². The summed E-state index contributed by atoms with van der Waals surface area (Å²) in [7, 11) is 4.18. The smallest absolute Gasteiger partial charge is 0.307 e. The number of hydrogen-bond donors (Lipinski definition) is 1. The molecule has 0 aromatic carbocycles. The van der Waals surface area contributed by atoms with Crippen molar-refractivity contribution in [3.05, 3.63) is 29.6 Å². The van der Waals surface area contributed by atoms with Crippen molar-refractivity contribution in [2.45, 2.75) is 31.8 Å². The van der Waals surface area contributed by atoms with E-state index in [1.807, 2.05) is 12.1 Å². The molecule has 1 unspecified atom stereocenters. The zero-order chi connectivity index (χ0) is 14.3. The van der Waals surface area contributed by atoms with Crippen LogP contribution in [0.3, 0.4) is 0 Å². The molecule has 106 valence electrons. The Labute approximate surface area is 117 Å². The number of aliphatic carboxylic acids is 1. The third kappa shape index (κ3) is 2.08. The van der Waals surface area contributed by atoms with Gasteiger partial charge in [-0.15, -0.1) is 0 Å². The summed E-state index contributed by atoms with van der Waals surface area (Å²) in [5.74, 6) is -0.779. The first-order valence-electron chi connectivity index (χ1n) is 6.91. The maximum Gasteiger partial charge on any atom is 0.307 e. The number of carbonyl (C=O) groups is 1. The number of rotatable bonds is 3. The van der Waals surface area contributed by atoms with E-state index < -0.39 is 5.97 Å².